The van der Waals surface area contributed by atoms with E-state index in [-0.39, 0.29) is 12.5 Å². The number of hydrogen-bond donors (Lipinski definition) is 2. The molecule has 1 aromatic heterocycles. The predicted molar refractivity (Wildman–Crippen MR) is 142 cm³/mol. The molecule has 1 atom stereocenters. The van der Waals surface area contributed by atoms with E-state index in [1.165, 1.54) is 11.1 Å². The largest absolute Gasteiger partial charge is 0.478 e. The van der Waals surface area contributed by atoms with E-state index in [2.05, 4.69) is 38.7 Å². The molecule has 0 spiro atoms. The number of aliphatic hydroxyl groups is 1. The summed E-state index contributed by atoms with van der Waals surface area (Å²) in [6, 6.07) is 1.91. The van der Waals surface area contributed by atoms with Crippen molar-refractivity contribution >= 4 is 5.97 Å². The molecule has 1 heterocycles. The van der Waals surface area contributed by atoms with Gasteiger partial charge in [0.15, 0.2) is 0 Å². The first-order valence-electron chi connectivity index (χ1n) is 12.4. The second kappa shape index (κ2) is 16.9. The molecule has 0 fully saturated rings. The van der Waals surface area contributed by atoms with Crippen molar-refractivity contribution in [1.82, 2.24) is 0 Å². The maximum atomic E-state index is 11.7. The zero-order chi connectivity index (χ0) is 25.3. The lowest BCUT2D eigenvalue weighted by Gasteiger charge is -2.16. The molecule has 0 aliphatic carbocycles. The Morgan fingerprint density at radius 1 is 0.971 bits per heavy atom. The van der Waals surface area contributed by atoms with Crippen molar-refractivity contribution in [3.63, 3.8) is 0 Å². The smallest absolute Gasteiger partial charge is 0.331 e. The average molecular weight is 469 g/mol. The fourth-order valence-corrected chi connectivity index (χ4v) is 3.74. The fraction of sp³-hybridized carbons (Fsp3) is 0.500. The average Bonchev–Trinajstić information content (AvgIpc) is 3.30. The van der Waals surface area contributed by atoms with Crippen LogP contribution in [0.1, 0.15) is 84.6 Å². The minimum atomic E-state index is -0.830. The first kappa shape index (κ1) is 29.4. The molecule has 2 N–H and O–H groups in total. The Labute approximate surface area is 206 Å². The highest BCUT2D eigenvalue weighted by Crippen LogP contribution is 2.24. The number of furan rings is 1. The molecule has 0 bridgehead atoms. The summed E-state index contributed by atoms with van der Waals surface area (Å²) < 4.78 is 5.07. The van der Waals surface area contributed by atoms with Crippen molar-refractivity contribution in [3.8, 4) is 0 Å². The fourth-order valence-electron chi connectivity index (χ4n) is 3.74. The summed E-state index contributed by atoms with van der Waals surface area (Å²) in [6.45, 7) is 12.6. The van der Waals surface area contributed by atoms with Crippen LogP contribution in [0.15, 0.2) is 81.8 Å². The standard InChI is InChI=1S/C30H44O4/c1-23(2)28(17-18-29(30(32)33)14-8-13-27-19-20-34-22-27)16-15-25(4)11-6-9-24(3)10-7-12-26(5)21-31/h9,12,14-15,19-20,22,28,31H,1,6-8,10-11,13,16-18,21H2,2-5H3,(H,32,33)/b24-9-,25-15+,26-12-,29-14-. The minimum Gasteiger partial charge on any atom is -0.478 e. The molecule has 34 heavy (non-hydrogen) atoms. The van der Waals surface area contributed by atoms with Crippen LogP contribution in [0.3, 0.4) is 0 Å². The Kier molecular flexibility index (Phi) is 14.7. The van der Waals surface area contributed by atoms with Crippen LogP contribution in [0.4, 0.5) is 0 Å². The van der Waals surface area contributed by atoms with Gasteiger partial charge in [-0.2, -0.15) is 0 Å². The topological polar surface area (TPSA) is 70.7 Å². The Morgan fingerprint density at radius 3 is 2.18 bits per heavy atom. The van der Waals surface area contributed by atoms with Crippen LogP contribution in [0.25, 0.3) is 0 Å². The van der Waals surface area contributed by atoms with Gasteiger partial charge in [0, 0.05) is 5.57 Å². The summed E-state index contributed by atoms with van der Waals surface area (Å²) in [6.07, 6.45) is 19.7. The molecule has 0 radical (unpaired) electrons. The molecular formula is C30H44O4. The Hall–Kier alpha value is -2.59. The Balaban J connectivity index is 2.50. The second-order valence-corrected chi connectivity index (χ2v) is 9.41. The van der Waals surface area contributed by atoms with Crippen LogP contribution in [-0.2, 0) is 11.2 Å². The number of aliphatic hydroxyl groups excluding tert-OH is 1. The monoisotopic (exact) mass is 468 g/mol. The highest BCUT2D eigenvalue weighted by Gasteiger charge is 2.13. The molecule has 1 unspecified atom stereocenters. The van der Waals surface area contributed by atoms with Gasteiger partial charge in [-0.15, -0.1) is 0 Å². The van der Waals surface area contributed by atoms with Gasteiger partial charge in [0.1, 0.15) is 0 Å². The van der Waals surface area contributed by atoms with Crippen LogP contribution in [0.5, 0.6) is 0 Å². The first-order valence-corrected chi connectivity index (χ1v) is 12.4. The van der Waals surface area contributed by atoms with Crippen LogP contribution in [-0.4, -0.2) is 22.8 Å². The summed E-state index contributed by atoms with van der Waals surface area (Å²) in [7, 11) is 0. The number of aryl methyl sites for hydroxylation is 1. The molecule has 188 valence electrons. The molecular weight excluding hydrogens is 424 g/mol. The predicted octanol–water partition coefficient (Wildman–Crippen LogP) is 7.98. The summed E-state index contributed by atoms with van der Waals surface area (Å²) >= 11 is 0. The van der Waals surface area contributed by atoms with Gasteiger partial charge < -0.3 is 14.6 Å². The van der Waals surface area contributed by atoms with E-state index in [0.29, 0.717) is 18.4 Å². The van der Waals surface area contributed by atoms with E-state index in [0.717, 1.165) is 61.7 Å². The van der Waals surface area contributed by atoms with Crippen LogP contribution in [0.2, 0.25) is 0 Å². The van der Waals surface area contributed by atoms with Crippen LogP contribution >= 0.6 is 0 Å². The summed E-state index contributed by atoms with van der Waals surface area (Å²) in [5.74, 6) is -0.547. The quantitative estimate of drug-likeness (QED) is 0.180. The SMILES string of the molecule is C=C(C)C(C/C=C(\C)CC/C=C(/C)CC/C=C(/C)CO)CC/C(=C/CCc1ccoc1)C(=O)O. The molecule has 0 aliphatic heterocycles. The molecule has 1 rings (SSSR count). The van der Waals surface area contributed by atoms with E-state index in [1.54, 1.807) is 12.5 Å². The van der Waals surface area contributed by atoms with Gasteiger partial charge in [-0.3, -0.25) is 0 Å². The zero-order valence-corrected chi connectivity index (χ0v) is 21.6. The van der Waals surface area contributed by atoms with Gasteiger partial charge >= 0.3 is 5.97 Å². The molecule has 1 aromatic rings. The molecule has 0 amide bonds. The number of hydrogen-bond acceptors (Lipinski definition) is 3. The lowest BCUT2D eigenvalue weighted by molar-refractivity contribution is -0.132. The summed E-state index contributed by atoms with van der Waals surface area (Å²) in [5, 5.41) is 18.6. The highest BCUT2D eigenvalue weighted by atomic mass is 16.4. The lowest BCUT2D eigenvalue weighted by atomic mass is 9.89. The van der Waals surface area contributed by atoms with Gasteiger partial charge in [-0.1, -0.05) is 53.2 Å². The third kappa shape index (κ3) is 13.2. The third-order valence-electron chi connectivity index (χ3n) is 6.20. The first-order chi connectivity index (χ1) is 16.2. The molecule has 4 nitrogen and oxygen atoms in total. The Morgan fingerprint density at radius 2 is 1.62 bits per heavy atom. The maximum absolute atomic E-state index is 11.7. The van der Waals surface area contributed by atoms with E-state index >= 15 is 0 Å². The molecule has 0 aromatic carbocycles. The Bertz CT molecular complexity index is 866. The van der Waals surface area contributed by atoms with Crippen molar-refractivity contribution in [2.45, 2.75) is 85.5 Å². The van der Waals surface area contributed by atoms with Gasteiger partial charge in [0.2, 0.25) is 0 Å². The molecule has 0 aliphatic rings. The number of carboxylic acids is 1. The zero-order valence-electron chi connectivity index (χ0n) is 21.6. The van der Waals surface area contributed by atoms with E-state index in [1.807, 2.05) is 26.0 Å². The van der Waals surface area contributed by atoms with E-state index < -0.39 is 5.97 Å². The molecule has 4 heteroatoms. The lowest BCUT2D eigenvalue weighted by Crippen LogP contribution is -2.06. The number of carbonyl (C=O) groups is 1. The number of rotatable bonds is 17. The van der Waals surface area contributed by atoms with Gasteiger partial charge in [-0.05, 0) is 103 Å². The number of allylic oxidation sites excluding steroid dienone is 7. The normalized spacial score (nSPS) is 14.4. The summed E-state index contributed by atoms with van der Waals surface area (Å²) in [4.78, 5) is 11.7. The molecule has 0 saturated heterocycles. The highest BCUT2D eigenvalue weighted by molar-refractivity contribution is 5.86. The summed E-state index contributed by atoms with van der Waals surface area (Å²) in [5.41, 5.74) is 6.45. The third-order valence-corrected chi connectivity index (χ3v) is 6.20. The molecule has 0 saturated carbocycles. The van der Waals surface area contributed by atoms with Crippen molar-refractivity contribution in [2.75, 3.05) is 6.61 Å². The number of carboxylic acid groups (broad SMARTS) is 1. The van der Waals surface area contributed by atoms with Gasteiger partial charge in [-0.25, -0.2) is 4.79 Å². The van der Waals surface area contributed by atoms with E-state index in [4.69, 9.17) is 9.52 Å². The van der Waals surface area contributed by atoms with Crippen molar-refractivity contribution in [2.24, 2.45) is 5.92 Å². The van der Waals surface area contributed by atoms with Crippen molar-refractivity contribution in [1.29, 1.82) is 0 Å². The van der Waals surface area contributed by atoms with Crippen molar-refractivity contribution < 1.29 is 19.4 Å². The number of aliphatic carboxylic acids is 1. The van der Waals surface area contributed by atoms with Crippen LogP contribution < -0.4 is 0 Å². The van der Waals surface area contributed by atoms with E-state index in [9.17, 15) is 9.90 Å². The minimum absolute atomic E-state index is 0.137. The van der Waals surface area contributed by atoms with Crippen LogP contribution in [0, 0.1) is 5.92 Å². The van der Waals surface area contributed by atoms with Gasteiger partial charge in [0.25, 0.3) is 0 Å². The van der Waals surface area contributed by atoms with Crippen molar-refractivity contribution in [3.05, 3.63) is 82.9 Å². The second-order valence-electron chi connectivity index (χ2n) is 9.41. The maximum Gasteiger partial charge on any atom is 0.331 e. The van der Waals surface area contributed by atoms with Gasteiger partial charge in [0.05, 0.1) is 19.1 Å².